The van der Waals surface area contributed by atoms with Gasteiger partial charge in [-0.05, 0) is 19.1 Å². The molecule has 31 heavy (non-hydrogen) atoms. The first kappa shape index (κ1) is 23.5. The number of rotatable bonds is 9. The van der Waals surface area contributed by atoms with Crippen LogP contribution >= 0.6 is 0 Å². The number of benzene rings is 1. The molecule has 0 atom stereocenters. The highest BCUT2D eigenvalue weighted by atomic mass is 32.2. The Kier molecular flexibility index (Phi) is 7.85. The van der Waals surface area contributed by atoms with Crippen molar-refractivity contribution in [1.29, 1.82) is 0 Å². The summed E-state index contributed by atoms with van der Waals surface area (Å²) in [7, 11) is -1.87. The number of amides is 2. The van der Waals surface area contributed by atoms with E-state index < -0.39 is 26.9 Å². The summed E-state index contributed by atoms with van der Waals surface area (Å²) in [6, 6.07) is 3.92. The first-order valence-electron chi connectivity index (χ1n) is 8.82. The van der Waals surface area contributed by atoms with Crippen molar-refractivity contribution in [2.75, 3.05) is 32.3 Å². The number of esters is 1. The number of nitrogens with one attached hydrogen (secondary N) is 1. The highest BCUT2D eigenvalue weighted by Gasteiger charge is 2.28. The number of hydrogen-bond donors (Lipinski definition) is 1. The van der Waals surface area contributed by atoms with Crippen LogP contribution in [0.2, 0.25) is 0 Å². The Bertz CT molecular complexity index is 1050. The third-order valence-electron chi connectivity index (χ3n) is 3.64. The second kappa shape index (κ2) is 10.3. The second-order valence-corrected chi connectivity index (χ2v) is 7.29. The smallest absolute Gasteiger partial charge is 0.339 e. The van der Waals surface area contributed by atoms with E-state index in [2.05, 4.69) is 21.5 Å². The van der Waals surface area contributed by atoms with Crippen molar-refractivity contribution in [2.24, 2.45) is 0 Å². The fourth-order valence-corrected chi connectivity index (χ4v) is 3.47. The highest BCUT2D eigenvalue weighted by Crippen LogP contribution is 2.19. The molecule has 1 heterocycles. The summed E-state index contributed by atoms with van der Waals surface area (Å²) in [6.45, 7) is 5.02. The van der Waals surface area contributed by atoms with Crippen LogP contribution in [-0.4, -0.2) is 62.7 Å². The molecule has 1 aromatic heterocycles. The van der Waals surface area contributed by atoms with Gasteiger partial charge in [0.25, 0.3) is 10.0 Å². The SMILES string of the molecule is C=CCN(C(=O)NS(=O)(=O)c1ccccc1C(=O)OCC)c1nc(OC)nc(OC)n1. The molecule has 2 aromatic rings. The van der Waals surface area contributed by atoms with Crippen molar-refractivity contribution in [3.63, 3.8) is 0 Å². The van der Waals surface area contributed by atoms with E-state index >= 15 is 0 Å². The van der Waals surface area contributed by atoms with E-state index in [1.165, 1.54) is 44.6 Å². The molecule has 12 nitrogen and oxygen atoms in total. The minimum Gasteiger partial charge on any atom is -0.467 e. The number of nitrogens with zero attached hydrogens (tertiary/aromatic N) is 4. The van der Waals surface area contributed by atoms with Crippen molar-refractivity contribution < 1.29 is 32.2 Å². The van der Waals surface area contributed by atoms with Crippen LogP contribution in [0.4, 0.5) is 10.7 Å². The monoisotopic (exact) mass is 451 g/mol. The third-order valence-corrected chi connectivity index (χ3v) is 5.02. The van der Waals surface area contributed by atoms with Crippen molar-refractivity contribution in [3.05, 3.63) is 42.5 Å². The normalized spacial score (nSPS) is 10.7. The average Bonchev–Trinajstić information content (AvgIpc) is 2.76. The van der Waals surface area contributed by atoms with Gasteiger partial charge >= 0.3 is 24.0 Å². The quantitative estimate of drug-likeness (QED) is 0.434. The van der Waals surface area contributed by atoms with Gasteiger partial charge in [0.2, 0.25) is 5.95 Å². The van der Waals surface area contributed by atoms with Crippen LogP contribution < -0.4 is 19.1 Å². The molecule has 0 saturated heterocycles. The number of carbonyl (C=O) groups excluding carboxylic acids is 2. The van der Waals surface area contributed by atoms with E-state index in [0.29, 0.717) is 0 Å². The molecule has 166 valence electrons. The molecule has 0 saturated carbocycles. The summed E-state index contributed by atoms with van der Waals surface area (Å²) < 4.78 is 42.4. The summed E-state index contributed by atoms with van der Waals surface area (Å²) in [5, 5.41) is 0. The molecule has 0 bridgehead atoms. The van der Waals surface area contributed by atoms with Gasteiger partial charge in [0, 0.05) is 6.54 Å². The van der Waals surface area contributed by atoms with Crippen LogP contribution in [0.1, 0.15) is 17.3 Å². The van der Waals surface area contributed by atoms with E-state index in [4.69, 9.17) is 14.2 Å². The van der Waals surface area contributed by atoms with Crippen molar-refractivity contribution in [2.45, 2.75) is 11.8 Å². The van der Waals surface area contributed by atoms with Gasteiger partial charge in [0.15, 0.2) is 0 Å². The molecule has 13 heteroatoms. The van der Waals surface area contributed by atoms with Crippen LogP contribution in [0, 0.1) is 0 Å². The Morgan fingerprint density at radius 3 is 2.29 bits per heavy atom. The average molecular weight is 451 g/mol. The Morgan fingerprint density at radius 2 is 1.74 bits per heavy atom. The number of hydrogen-bond acceptors (Lipinski definition) is 10. The predicted octanol–water partition coefficient (Wildman–Crippen LogP) is 1.16. The second-order valence-electron chi connectivity index (χ2n) is 5.64. The molecule has 0 aliphatic carbocycles. The summed E-state index contributed by atoms with van der Waals surface area (Å²) in [5.41, 5.74) is -0.219. The minimum absolute atomic E-state index is 0.0513. The summed E-state index contributed by atoms with van der Waals surface area (Å²) in [5.74, 6) is -1.08. The molecule has 2 rings (SSSR count). The molecule has 0 radical (unpaired) electrons. The Hall–Kier alpha value is -3.74. The Labute approximate surface area is 178 Å². The number of aromatic nitrogens is 3. The van der Waals surface area contributed by atoms with Gasteiger partial charge in [-0.1, -0.05) is 18.2 Å². The van der Waals surface area contributed by atoms with Crippen molar-refractivity contribution >= 4 is 28.0 Å². The minimum atomic E-state index is -4.47. The molecule has 2 amide bonds. The lowest BCUT2D eigenvalue weighted by atomic mass is 10.2. The molecule has 0 aliphatic rings. The summed E-state index contributed by atoms with van der Waals surface area (Å²) in [4.78, 5) is 37.1. The molecule has 1 aromatic carbocycles. The maximum Gasteiger partial charge on any atom is 0.339 e. The first-order valence-corrected chi connectivity index (χ1v) is 10.3. The Balaban J connectivity index is 2.41. The van der Waals surface area contributed by atoms with Gasteiger partial charge in [0.05, 0.1) is 26.4 Å². The van der Waals surface area contributed by atoms with Gasteiger partial charge in [0.1, 0.15) is 4.90 Å². The first-order chi connectivity index (χ1) is 14.8. The van der Waals surface area contributed by atoms with Gasteiger partial charge in [-0.15, -0.1) is 11.6 Å². The fraction of sp³-hybridized carbons (Fsp3) is 0.278. The van der Waals surface area contributed by atoms with E-state index in [1.54, 1.807) is 6.92 Å². The van der Waals surface area contributed by atoms with E-state index in [-0.39, 0.29) is 36.7 Å². The third kappa shape index (κ3) is 5.66. The molecule has 0 fully saturated rings. The maximum absolute atomic E-state index is 12.9. The molecule has 0 aliphatic heterocycles. The summed E-state index contributed by atoms with van der Waals surface area (Å²) in [6.07, 6.45) is 1.33. The van der Waals surface area contributed by atoms with Gasteiger partial charge < -0.3 is 14.2 Å². The zero-order valence-electron chi connectivity index (χ0n) is 17.1. The molecular weight excluding hydrogens is 430 g/mol. The summed E-state index contributed by atoms with van der Waals surface area (Å²) >= 11 is 0. The van der Waals surface area contributed by atoms with Crippen LogP contribution in [0.25, 0.3) is 0 Å². The maximum atomic E-state index is 12.9. The van der Waals surface area contributed by atoms with Gasteiger partial charge in [-0.25, -0.2) is 22.7 Å². The number of methoxy groups -OCH3 is 2. The number of sulfonamides is 1. The number of carbonyl (C=O) groups is 2. The van der Waals surface area contributed by atoms with E-state index in [0.717, 1.165) is 4.90 Å². The predicted molar refractivity (Wildman–Crippen MR) is 109 cm³/mol. The van der Waals surface area contributed by atoms with Crippen LogP contribution in [-0.2, 0) is 14.8 Å². The van der Waals surface area contributed by atoms with Crippen LogP contribution in [0.5, 0.6) is 12.0 Å². The molecule has 0 unspecified atom stereocenters. The lowest BCUT2D eigenvalue weighted by Gasteiger charge is -2.20. The van der Waals surface area contributed by atoms with Crippen molar-refractivity contribution in [3.8, 4) is 12.0 Å². The lowest BCUT2D eigenvalue weighted by Crippen LogP contribution is -2.44. The number of anilines is 1. The molecule has 1 N–H and O–H groups in total. The van der Waals surface area contributed by atoms with E-state index in [9.17, 15) is 18.0 Å². The Morgan fingerprint density at radius 1 is 1.13 bits per heavy atom. The zero-order valence-corrected chi connectivity index (χ0v) is 17.9. The van der Waals surface area contributed by atoms with Gasteiger partial charge in [-0.2, -0.15) is 9.97 Å². The molecule has 0 spiro atoms. The number of urea groups is 1. The zero-order chi connectivity index (χ0) is 23.0. The standard InChI is InChI=1S/C18H21N5O7S/c1-5-11-23(15-19-16(28-3)21-17(20-15)29-4)18(25)22-31(26,27)13-10-8-7-9-12(13)14(24)30-6-2/h5,7-10H,1,6,11H2,2-4H3,(H,22,25). The highest BCUT2D eigenvalue weighted by molar-refractivity contribution is 7.90. The van der Waals surface area contributed by atoms with Crippen LogP contribution in [0.3, 0.4) is 0 Å². The van der Waals surface area contributed by atoms with E-state index in [1.807, 2.05) is 4.72 Å². The molecular formula is C18H21N5O7S. The van der Waals surface area contributed by atoms with Crippen LogP contribution in [0.15, 0.2) is 41.8 Å². The number of ether oxygens (including phenoxy) is 3. The fourth-order valence-electron chi connectivity index (χ4n) is 2.32. The lowest BCUT2D eigenvalue weighted by molar-refractivity contribution is 0.0521. The largest absolute Gasteiger partial charge is 0.467 e. The van der Waals surface area contributed by atoms with Crippen molar-refractivity contribution in [1.82, 2.24) is 19.7 Å². The topological polar surface area (TPSA) is 150 Å². The van der Waals surface area contributed by atoms with Gasteiger partial charge in [-0.3, -0.25) is 4.90 Å².